The Balaban J connectivity index is 2.06. The number of epoxide rings is 1. The Labute approximate surface area is 95.1 Å². The van der Waals surface area contributed by atoms with E-state index in [4.69, 9.17) is 18.9 Å². The van der Waals surface area contributed by atoms with Crippen molar-refractivity contribution in [2.75, 3.05) is 27.4 Å². The molecule has 1 aromatic carbocycles. The van der Waals surface area contributed by atoms with Crippen molar-refractivity contribution in [3.63, 3.8) is 0 Å². The van der Waals surface area contributed by atoms with Gasteiger partial charge in [0.25, 0.3) is 0 Å². The molecule has 0 N–H and O–H groups in total. The standard InChI is InChI=1S/C12H16O4/c1-12(8-16-12)7-15-11-5-9(13-2)4-10(6-11)14-3/h4-6H,7-8H2,1-3H3. The molecule has 16 heavy (non-hydrogen) atoms. The largest absolute Gasteiger partial charge is 0.496 e. The summed E-state index contributed by atoms with van der Waals surface area (Å²) in [4.78, 5) is 0. The molecule has 1 aliphatic heterocycles. The fourth-order valence-corrected chi connectivity index (χ4v) is 1.31. The number of rotatable bonds is 5. The van der Waals surface area contributed by atoms with Crippen LogP contribution in [0.5, 0.6) is 17.2 Å². The lowest BCUT2D eigenvalue weighted by atomic mass is 10.2. The van der Waals surface area contributed by atoms with Crippen LogP contribution < -0.4 is 14.2 Å². The predicted octanol–water partition coefficient (Wildman–Crippen LogP) is 1.87. The van der Waals surface area contributed by atoms with Crippen LogP contribution in [0.1, 0.15) is 6.92 Å². The molecule has 1 heterocycles. The van der Waals surface area contributed by atoms with Gasteiger partial charge in [-0.15, -0.1) is 0 Å². The second-order valence-electron chi connectivity index (χ2n) is 4.08. The number of hydrogen-bond donors (Lipinski definition) is 0. The molecule has 4 heteroatoms. The van der Waals surface area contributed by atoms with Crippen molar-refractivity contribution in [2.45, 2.75) is 12.5 Å². The van der Waals surface area contributed by atoms with Gasteiger partial charge in [0.15, 0.2) is 0 Å². The van der Waals surface area contributed by atoms with Crippen LogP contribution in [0.2, 0.25) is 0 Å². The first-order valence-corrected chi connectivity index (χ1v) is 5.15. The lowest BCUT2D eigenvalue weighted by Crippen LogP contribution is -2.16. The van der Waals surface area contributed by atoms with Gasteiger partial charge in [0.05, 0.1) is 20.8 Å². The first kappa shape index (κ1) is 11.1. The van der Waals surface area contributed by atoms with E-state index >= 15 is 0 Å². The maximum absolute atomic E-state index is 5.63. The molecule has 2 rings (SSSR count). The van der Waals surface area contributed by atoms with Crippen LogP contribution in [0.3, 0.4) is 0 Å². The van der Waals surface area contributed by atoms with Crippen molar-refractivity contribution in [3.05, 3.63) is 18.2 Å². The molecule has 0 amide bonds. The summed E-state index contributed by atoms with van der Waals surface area (Å²) in [5.74, 6) is 2.17. The Morgan fingerprint density at radius 2 is 1.62 bits per heavy atom. The van der Waals surface area contributed by atoms with Gasteiger partial charge in [-0.3, -0.25) is 0 Å². The van der Waals surface area contributed by atoms with Crippen molar-refractivity contribution in [1.82, 2.24) is 0 Å². The zero-order valence-electron chi connectivity index (χ0n) is 9.78. The molecular weight excluding hydrogens is 208 g/mol. The minimum absolute atomic E-state index is 0.115. The summed E-state index contributed by atoms with van der Waals surface area (Å²) in [7, 11) is 3.23. The molecular formula is C12H16O4. The molecule has 0 aromatic heterocycles. The van der Waals surface area contributed by atoms with E-state index in [1.54, 1.807) is 14.2 Å². The highest BCUT2D eigenvalue weighted by Crippen LogP contribution is 2.30. The molecule has 4 nitrogen and oxygen atoms in total. The van der Waals surface area contributed by atoms with Crippen LogP contribution in [-0.4, -0.2) is 33.0 Å². The Bertz CT molecular complexity index is 349. The highest BCUT2D eigenvalue weighted by Gasteiger charge is 2.40. The van der Waals surface area contributed by atoms with E-state index in [0.29, 0.717) is 6.61 Å². The molecule has 88 valence electrons. The summed E-state index contributed by atoms with van der Waals surface area (Å²) in [5, 5.41) is 0. The summed E-state index contributed by atoms with van der Waals surface area (Å²) in [5.41, 5.74) is -0.115. The van der Waals surface area contributed by atoms with Gasteiger partial charge in [-0.2, -0.15) is 0 Å². The van der Waals surface area contributed by atoms with Gasteiger partial charge in [-0.1, -0.05) is 0 Å². The number of hydrogen-bond acceptors (Lipinski definition) is 4. The molecule has 1 atom stereocenters. The van der Waals surface area contributed by atoms with Gasteiger partial charge in [-0.05, 0) is 6.92 Å². The molecule has 1 saturated heterocycles. The van der Waals surface area contributed by atoms with E-state index in [9.17, 15) is 0 Å². The second kappa shape index (κ2) is 4.22. The SMILES string of the molecule is COc1cc(OC)cc(OCC2(C)CO2)c1. The third-order valence-electron chi connectivity index (χ3n) is 2.51. The van der Waals surface area contributed by atoms with Crippen molar-refractivity contribution in [3.8, 4) is 17.2 Å². The minimum Gasteiger partial charge on any atom is -0.496 e. The van der Waals surface area contributed by atoms with Crippen LogP contribution in [0.4, 0.5) is 0 Å². The van der Waals surface area contributed by atoms with Gasteiger partial charge in [0.1, 0.15) is 29.5 Å². The fraction of sp³-hybridized carbons (Fsp3) is 0.500. The molecule has 0 spiro atoms. The normalized spacial score (nSPS) is 22.7. The molecule has 1 aromatic rings. The predicted molar refractivity (Wildman–Crippen MR) is 59.4 cm³/mol. The average molecular weight is 224 g/mol. The zero-order chi connectivity index (χ0) is 11.6. The lowest BCUT2D eigenvalue weighted by Gasteiger charge is -2.11. The van der Waals surface area contributed by atoms with E-state index in [-0.39, 0.29) is 5.60 Å². The van der Waals surface area contributed by atoms with Crippen molar-refractivity contribution in [2.24, 2.45) is 0 Å². The lowest BCUT2D eigenvalue weighted by molar-refractivity contribution is 0.201. The van der Waals surface area contributed by atoms with E-state index in [2.05, 4.69) is 0 Å². The van der Waals surface area contributed by atoms with Gasteiger partial charge in [0.2, 0.25) is 0 Å². The third kappa shape index (κ3) is 2.58. The zero-order valence-corrected chi connectivity index (χ0v) is 9.78. The molecule has 1 unspecified atom stereocenters. The van der Waals surface area contributed by atoms with E-state index < -0.39 is 0 Å². The summed E-state index contributed by atoms with van der Waals surface area (Å²) < 4.78 is 21.2. The topological polar surface area (TPSA) is 40.2 Å². The van der Waals surface area contributed by atoms with E-state index in [1.165, 1.54) is 0 Å². The van der Waals surface area contributed by atoms with Gasteiger partial charge >= 0.3 is 0 Å². The minimum atomic E-state index is -0.115. The van der Waals surface area contributed by atoms with E-state index in [0.717, 1.165) is 23.9 Å². The second-order valence-corrected chi connectivity index (χ2v) is 4.08. The van der Waals surface area contributed by atoms with Gasteiger partial charge < -0.3 is 18.9 Å². The molecule has 1 fully saturated rings. The van der Waals surface area contributed by atoms with Crippen molar-refractivity contribution in [1.29, 1.82) is 0 Å². The molecule has 0 saturated carbocycles. The highest BCUT2D eigenvalue weighted by molar-refractivity contribution is 5.42. The Morgan fingerprint density at radius 1 is 1.12 bits per heavy atom. The summed E-state index contributed by atoms with van der Waals surface area (Å²) in [6.07, 6.45) is 0. The molecule has 0 bridgehead atoms. The molecule has 0 aliphatic carbocycles. The fourth-order valence-electron chi connectivity index (χ4n) is 1.31. The summed E-state index contributed by atoms with van der Waals surface area (Å²) in [6, 6.07) is 5.46. The van der Waals surface area contributed by atoms with Gasteiger partial charge in [0, 0.05) is 18.2 Å². The van der Waals surface area contributed by atoms with Crippen LogP contribution >= 0.6 is 0 Å². The number of benzene rings is 1. The summed E-state index contributed by atoms with van der Waals surface area (Å²) >= 11 is 0. The Kier molecular flexibility index (Phi) is 2.92. The smallest absolute Gasteiger partial charge is 0.126 e. The van der Waals surface area contributed by atoms with Crippen molar-refractivity contribution >= 4 is 0 Å². The number of methoxy groups -OCH3 is 2. The van der Waals surface area contributed by atoms with Crippen LogP contribution in [-0.2, 0) is 4.74 Å². The first-order chi connectivity index (χ1) is 7.65. The van der Waals surface area contributed by atoms with Crippen LogP contribution in [0.15, 0.2) is 18.2 Å². The average Bonchev–Trinajstić information content (AvgIpc) is 3.05. The summed E-state index contributed by atoms with van der Waals surface area (Å²) in [6.45, 7) is 3.32. The maximum Gasteiger partial charge on any atom is 0.126 e. The highest BCUT2D eigenvalue weighted by atomic mass is 16.6. The first-order valence-electron chi connectivity index (χ1n) is 5.15. The third-order valence-corrected chi connectivity index (χ3v) is 2.51. The molecule has 0 radical (unpaired) electrons. The Hall–Kier alpha value is -1.42. The van der Waals surface area contributed by atoms with Crippen molar-refractivity contribution < 1.29 is 18.9 Å². The van der Waals surface area contributed by atoms with Crippen LogP contribution in [0, 0.1) is 0 Å². The van der Waals surface area contributed by atoms with E-state index in [1.807, 2.05) is 25.1 Å². The van der Waals surface area contributed by atoms with Gasteiger partial charge in [-0.25, -0.2) is 0 Å². The monoisotopic (exact) mass is 224 g/mol. The van der Waals surface area contributed by atoms with Crippen LogP contribution in [0.25, 0.3) is 0 Å². The molecule has 1 aliphatic rings. The maximum atomic E-state index is 5.63. The quantitative estimate of drug-likeness (QED) is 0.716. The Morgan fingerprint density at radius 3 is 2.06 bits per heavy atom. The number of ether oxygens (including phenoxy) is 4.